The van der Waals surface area contributed by atoms with Gasteiger partial charge in [0, 0.05) is 18.1 Å². The fraction of sp³-hybridized carbons (Fsp3) is 0.154. The predicted molar refractivity (Wildman–Crippen MR) is 64.1 cm³/mol. The van der Waals surface area contributed by atoms with Crippen LogP contribution in [-0.2, 0) is 11.3 Å². The Labute approximate surface area is 99.3 Å². The molecule has 0 saturated carbocycles. The molecule has 0 aliphatic carbocycles. The SMILES string of the molecule is Cc1ccc(Cn2ccccc2=NC=O)cn1. The van der Waals surface area contributed by atoms with Crippen molar-refractivity contribution in [3.8, 4) is 0 Å². The Morgan fingerprint density at radius 1 is 1.35 bits per heavy atom. The average molecular weight is 227 g/mol. The van der Waals surface area contributed by atoms with Crippen LogP contribution in [0, 0.1) is 6.92 Å². The van der Waals surface area contributed by atoms with E-state index in [0.717, 1.165) is 11.3 Å². The van der Waals surface area contributed by atoms with E-state index in [1.165, 1.54) is 0 Å². The lowest BCUT2D eigenvalue weighted by atomic mass is 10.2. The lowest BCUT2D eigenvalue weighted by Crippen LogP contribution is -2.20. The van der Waals surface area contributed by atoms with Crippen molar-refractivity contribution in [2.75, 3.05) is 0 Å². The Hall–Kier alpha value is -2.23. The Balaban J connectivity index is 2.33. The van der Waals surface area contributed by atoms with E-state index in [9.17, 15) is 4.79 Å². The Morgan fingerprint density at radius 3 is 2.94 bits per heavy atom. The molecule has 0 unspecified atom stereocenters. The van der Waals surface area contributed by atoms with Gasteiger partial charge >= 0.3 is 0 Å². The maximum Gasteiger partial charge on any atom is 0.234 e. The van der Waals surface area contributed by atoms with Crippen LogP contribution in [0.4, 0.5) is 0 Å². The fourth-order valence-electron chi connectivity index (χ4n) is 1.56. The molecule has 4 heteroatoms. The first-order valence-electron chi connectivity index (χ1n) is 5.34. The van der Waals surface area contributed by atoms with E-state index in [0.29, 0.717) is 18.4 Å². The molecule has 2 aromatic heterocycles. The Kier molecular flexibility index (Phi) is 3.45. The molecule has 0 aromatic carbocycles. The smallest absolute Gasteiger partial charge is 0.234 e. The van der Waals surface area contributed by atoms with Gasteiger partial charge in [-0.15, -0.1) is 0 Å². The van der Waals surface area contributed by atoms with E-state index in [4.69, 9.17) is 0 Å². The van der Waals surface area contributed by atoms with Crippen molar-refractivity contribution < 1.29 is 4.79 Å². The molecule has 17 heavy (non-hydrogen) atoms. The second-order valence-corrected chi connectivity index (χ2v) is 3.73. The van der Waals surface area contributed by atoms with Crippen LogP contribution in [0.2, 0.25) is 0 Å². The first kappa shape index (κ1) is 11.3. The zero-order chi connectivity index (χ0) is 12.1. The maximum atomic E-state index is 10.4. The second kappa shape index (κ2) is 5.21. The van der Waals surface area contributed by atoms with E-state index in [2.05, 4.69) is 9.98 Å². The highest BCUT2D eigenvalue weighted by atomic mass is 16.1. The van der Waals surface area contributed by atoms with Crippen LogP contribution in [0.5, 0.6) is 0 Å². The highest BCUT2D eigenvalue weighted by Gasteiger charge is 1.96. The number of aryl methyl sites for hydroxylation is 1. The molecule has 0 N–H and O–H groups in total. The normalized spacial score (nSPS) is 11.5. The van der Waals surface area contributed by atoms with Crippen LogP contribution < -0.4 is 5.49 Å². The third kappa shape index (κ3) is 2.87. The van der Waals surface area contributed by atoms with Gasteiger partial charge in [-0.1, -0.05) is 12.1 Å². The first-order valence-corrected chi connectivity index (χ1v) is 5.34. The molecule has 2 rings (SSSR count). The minimum Gasteiger partial charge on any atom is -0.328 e. The third-order valence-corrected chi connectivity index (χ3v) is 2.43. The van der Waals surface area contributed by atoms with Crippen LogP contribution >= 0.6 is 0 Å². The monoisotopic (exact) mass is 227 g/mol. The highest BCUT2D eigenvalue weighted by Crippen LogP contribution is 2.00. The van der Waals surface area contributed by atoms with Crippen LogP contribution in [0.1, 0.15) is 11.3 Å². The van der Waals surface area contributed by atoms with Crippen LogP contribution in [0.3, 0.4) is 0 Å². The van der Waals surface area contributed by atoms with Gasteiger partial charge in [-0.2, -0.15) is 4.99 Å². The summed E-state index contributed by atoms with van der Waals surface area (Å²) in [6, 6.07) is 9.55. The van der Waals surface area contributed by atoms with Gasteiger partial charge in [-0.05, 0) is 30.7 Å². The summed E-state index contributed by atoms with van der Waals surface area (Å²) in [5, 5.41) is 0. The lowest BCUT2D eigenvalue weighted by Gasteiger charge is -2.06. The number of rotatable bonds is 3. The molecular formula is C13H13N3O. The van der Waals surface area contributed by atoms with Crippen molar-refractivity contribution in [3.05, 3.63) is 59.5 Å². The molecule has 4 nitrogen and oxygen atoms in total. The molecular weight excluding hydrogens is 214 g/mol. The van der Waals surface area contributed by atoms with Crippen LogP contribution in [0.25, 0.3) is 0 Å². The fourth-order valence-corrected chi connectivity index (χ4v) is 1.56. The van der Waals surface area contributed by atoms with Crippen molar-refractivity contribution in [2.45, 2.75) is 13.5 Å². The van der Waals surface area contributed by atoms with E-state index in [1.807, 2.05) is 48.1 Å². The molecule has 0 bridgehead atoms. The van der Waals surface area contributed by atoms with Crippen molar-refractivity contribution in [1.29, 1.82) is 0 Å². The Bertz CT molecular complexity index is 570. The summed E-state index contributed by atoms with van der Waals surface area (Å²) in [5.74, 6) is 0. The molecule has 0 spiro atoms. The Morgan fingerprint density at radius 2 is 2.24 bits per heavy atom. The number of carbonyl (C=O) groups excluding carboxylic acids is 1. The quantitative estimate of drug-likeness (QED) is 0.742. The highest BCUT2D eigenvalue weighted by molar-refractivity contribution is 5.47. The molecule has 2 heterocycles. The van der Waals surface area contributed by atoms with Crippen molar-refractivity contribution in [2.24, 2.45) is 4.99 Å². The van der Waals surface area contributed by atoms with Gasteiger partial charge in [0.25, 0.3) is 0 Å². The van der Waals surface area contributed by atoms with Crippen molar-refractivity contribution in [1.82, 2.24) is 9.55 Å². The van der Waals surface area contributed by atoms with E-state index in [1.54, 1.807) is 6.07 Å². The average Bonchev–Trinajstić information content (AvgIpc) is 2.35. The summed E-state index contributed by atoms with van der Waals surface area (Å²) in [6.07, 6.45) is 4.28. The van der Waals surface area contributed by atoms with Crippen molar-refractivity contribution >= 4 is 6.41 Å². The molecule has 0 aliphatic heterocycles. The predicted octanol–water partition coefficient (Wildman–Crippen LogP) is 1.30. The molecule has 2 aromatic rings. The van der Waals surface area contributed by atoms with Gasteiger partial charge in [0.05, 0.1) is 6.54 Å². The van der Waals surface area contributed by atoms with Gasteiger partial charge in [0.15, 0.2) is 0 Å². The summed E-state index contributed by atoms with van der Waals surface area (Å²) in [6.45, 7) is 2.60. The minimum atomic E-state index is 0.555. The number of nitrogens with zero attached hydrogens (tertiary/aromatic N) is 3. The summed E-state index contributed by atoms with van der Waals surface area (Å²) in [5.41, 5.74) is 2.71. The molecule has 0 saturated heterocycles. The van der Waals surface area contributed by atoms with Gasteiger partial charge in [0.2, 0.25) is 6.41 Å². The molecule has 0 atom stereocenters. The molecule has 0 radical (unpaired) electrons. The van der Waals surface area contributed by atoms with Gasteiger partial charge < -0.3 is 4.57 Å². The largest absolute Gasteiger partial charge is 0.328 e. The van der Waals surface area contributed by atoms with E-state index >= 15 is 0 Å². The number of carbonyl (C=O) groups is 1. The first-order chi connectivity index (χ1) is 8.29. The third-order valence-electron chi connectivity index (χ3n) is 2.43. The van der Waals surface area contributed by atoms with Crippen LogP contribution in [-0.4, -0.2) is 16.0 Å². The van der Waals surface area contributed by atoms with Gasteiger partial charge in [-0.3, -0.25) is 9.78 Å². The second-order valence-electron chi connectivity index (χ2n) is 3.73. The number of hydrogen-bond donors (Lipinski definition) is 0. The zero-order valence-corrected chi connectivity index (χ0v) is 9.58. The molecule has 0 fully saturated rings. The molecule has 0 aliphatic rings. The topological polar surface area (TPSA) is 47.2 Å². The maximum absolute atomic E-state index is 10.4. The van der Waals surface area contributed by atoms with Gasteiger partial charge in [0.1, 0.15) is 5.49 Å². The summed E-state index contributed by atoms with van der Waals surface area (Å²) in [7, 11) is 0. The number of amides is 1. The van der Waals surface area contributed by atoms with Crippen molar-refractivity contribution in [3.63, 3.8) is 0 Å². The lowest BCUT2D eigenvalue weighted by molar-refractivity contribution is -0.107. The van der Waals surface area contributed by atoms with E-state index in [-0.39, 0.29) is 0 Å². The number of aromatic nitrogens is 2. The van der Waals surface area contributed by atoms with Gasteiger partial charge in [-0.25, -0.2) is 0 Å². The summed E-state index contributed by atoms with van der Waals surface area (Å²) in [4.78, 5) is 18.5. The molecule has 1 amide bonds. The summed E-state index contributed by atoms with van der Waals surface area (Å²) >= 11 is 0. The summed E-state index contributed by atoms with van der Waals surface area (Å²) < 4.78 is 1.90. The molecule has 86 valence electrons. The minimum absolute atomic E-state index is 0.555. The van der Waals surface area contributed by atoms with Crippen LogP contribution in [0.15, 0.2) is 47.7 Å². The van der Waals surface area contributed by atoms with E-state index < -0.39 is 0 Å². The zero-order valence-electron chi connectivity index (χ0n) is 9.58. The standard InChI is InChI=1S/C13H13N3O/c1-11-5-6-12(8-14-11)9-16-7-3-2-4-13(16)15-10-17/h2-8,10H,9H2,1H3. The number of pyridine rings is 2. The number of hydrogen-bond acceptors (Lipinski definition) is 2.